The highest BCUT2D eigenvalue weighted by atomic mass is 32.2. The molecule has 2 N–H and O–H groups in total. The molecule has 1 heterocycles. The highest BCUT2D eigenvalue weighted by Gasteiger charge is 2.27. The molecular formula is C17H27N3O5S2. The molecule has 0 aromatic heterocycles. The number of carbonyl (C=O) groups excluding carboxylic acids is 1. The van der Waals surface area contributed by atoms with Gasteiger partial charge in [-0.3, -0.25) is 4.79 Å². The van der Waals surface area contributed by atoms with Gasteiger partial charge in [-0.1, -0.05) is 0 Å². The lowest BCUT2D eigenvalue weighted by Gasteiger charge is -2.31. The van der Waals surface area contributed by atoms with Crippen molar-refractivity contribution >= 4 is 26.0 Å². The molecule has 1 aliphatic heterocycles. The number of rotatable bonds is 7. The molecule has 0 atom stereocenters. The quantitative estimate of drug-likeness (QED) is 0.685. The van der Waals surface area contributed by atoms with Crippen molar-refractivity contribution in [1.29, 1.82) is 0 Å². The number of hydrogen-bond donors (Lipinski definition) is 2. The molecule has 1 aromatic rings. The fourth-order valence-electron chi connectivity index (χ4n) is 2.89. The van der Waals surface area contributed by atoms with Crippen LogP contribution in [0, 0.1) is 0 Å². The van der Waals surface area contributed by atoms with Gasteiger partial charge in [-0.2, -0.15) is 0 Å². The predicted molar refractivity (Wildman–Crippen MR) is 103 cm³/mol. The van der Waals surface area contributed by atoms with E-state index in [2.05, 4.69) is 10.0 Å². The van der Waals surface area contributed by atoms with Crippen LogP contribution >= 0.6 is 0 Å². The van der Waals surface area contributed by atoms with E-state index in [9.17, 15) is 21.6 Å². The minimum atomic E-state index is -3.60. The minimum Gasteiger partial charge on any atom is -0.349 e. The first-order valence-corrected chi connectivity index (χ1v) is 12.1. The Balaban J connectivity index is 1.96. The molecule has 1 fully saturated rings. The number of piperidine rings is 1. The van der Waals surface area contributed by atoms with Crippen molar-refractivity contribution in [3.8, 4) is 0 Å². The first kappa shape index (κ1) is 21.8. The second kappa shape index (κ2) is 8.68. The third-order valence-corrected chi connectivity index (χ3v) is 7.92. The Kier molecular flexibility index (Phi) is 7.01. The Labute approximate surface area is 161 Å². The minimum absolute atomic E-state index is 0.0744. The average molecular weight is 418 g/mol. The van der Waals surface area contributed by atoms with Crippen molar-refractivity contribution in [1.82, 2.24) is 14.3 Å². The summed E-state index contributed by atoms with van der Waals surface area (Å²) in [5.74, 6) is -0.224. The SMILES string of the molecule is CCS(=O)(=O)N1CCC(NC(=O)c2ccc(S(=O)(=O)NC(C)C)cc2)CC1. The van der Waals surface area contributed by atoms with Crippen molar-refractivity contribution in [3.05, 3.63) is 29.8 Å². The smallest absolute Gasteiger partial charge is 0.251 e. The van der Waals surface area contributed by atoms with Gasteiger partial charge in [-0.15, -0.1) is 0 Å². The molecule has 1 aromatic carbocycles. The molecule has 10 heteroatoms. The highest BCUT2D eigenvalue weighted by molar-refractivity contribution is 7.89. The first-order chi connectivity index (χ1) is 12.5. The number of amides is 1. The number of benzene rings is 1. The molecule has 2 rings (SSSR count). The number of nitrogens with one attached hydrogen (secondary N) is 2. The zero-order chi connectivity index (χ0) is 20.2. The maximum atomic E-state index is 12.4. The molecular weight excluding hydrogens is 390 g/mol. The van der Waals surface area contributed by atoms with Crippen molar-refractivity contribution in [2.45, 2.75) is 50.6 Å². The lowest BCUT2D eigenvalue weighted by atomic mass is 10.1. The molecule has 0 unspecified atom stereocenters. The third kappa shape index (κ3) is 5.74. The van der Waals surface area contributed by atoms with Gasteiger partial charge in [0, 0.05) is 30.7 Å². The molecule has 152 valence electrons. The van der Waals surface area contributed by atoms with E-state index in [1.165, 1.54) is 28.6 Å². The average Bonchev–Trinajstić information content (AvgIpc) is 2.61. The fourth-order valence-corrected chi connectivity index (χ4v) is 5.28. The van der Waals surface area contributed by atoms with Crippen molar-refractivity contribution < 1.29 is 21.6 Å². The number of hydrogen-bond acceptors (Lipinski definition) is 5. The topological polar surface area (TPSA) is 113 Å². The lowest BCUT2D eigenvalue weighted by molar-refractivity contribution is 0.0923. The standard InChI is InChI=1S/C17H27N3O5S2/c1-4-26(22,23)20-11-9-15(10-12-20)18-17(21)14-5-7-16(8-6-14)27(24,25)19-13(2)3/h5-8,13,15,19H,4,9-12H2,1-3H3,(H,18,21). The first-order valence-electron chi connectivity index (χ1n) is 8.96. The van der Waals surface area contributed by atoms with Gasteiger partial charge in [-0.25, -0.2) is 25.9 Å². The fraction of sp³-hybridized carbons (Fsp3) is 0.588. The normalized spacial score (nSPS) is 17.2. The predicted octanol–water partition coefficient (Wildman–Crippen LogP) is 0.917. The van der Waals surface area contributed by atoms with Crippen LogP contribution in [0.4, 0.5) is 0 Å². The van der Waals surface area contributed by atoms with Gasteiger partial charge >= 0.3 is 0 Å². The number of nitrogens with zero attached hydrogens (tertiary/aromatic N) is 1. The van der Waals surface area contributed by atoms with Crippen LogP contribution in [0.3, 0.4) is 0 Å². The maximum Gasteiger partial charge on any atom is 0.251 e. The molecule has 0 bridgehead atoms. The van der Waals surface area contributed by atoms with E-state index in [-0.39, 0.29) is 28.6 Å². The number of carbonyl (C=O) groups is 1. The summed E-state index contributed by atoms with van der Waals surface area (Å²) in [6.07, 6.45) is 1.10. The van der Waals surface area contributed by atoms with Crippen LogP contribution in [0.2, 0.25) is 0 Å². The van der Waals surface area contributed by atoms with Crippen LogP contribution in [0.25, 0.3) is 0 Å². The van der Waals surface area contributed by atoms with E-state index in [0.29, 0.717) is 31.5 Å². The Morgan fingerprint density at radius 1 is 1.11 bits per heavy atom. The molecule has 8 nitrogen and oxygen atoms in total. The lowest BCUT2D eigenvalue weighted by Crippen LogP contribution is -2.46. The number of sulfonamides is 2. The van der Waals surface area contributed by atoms with E-state index in [0.717, 1.165) is 0 Å². The molecule has 27 heavy (non-hydrogen) atoms. The van der Waals surface area contributed by atoms with Crippen molar-refractivity contribution in [2.24, 2.45) is 0 Å². The van der Waals surface area contributed by atoms with Gasteiger partial charge in [-0.05, 0) is 57.9 Å². The Hall–Kier alpha value is -1.49. The van der Waals surface area contributed by atoms with Crippen LogP contribution in [0.5, 0.6) is 0 Å². The van der Waals surface area contributed by atoms with E-state index < -0.39 is 20.0 Å². The molecule has 0 aliphatic carbocycles. The van der Waals surface area contributed by atoms with Crippen LogP contribution in [0.15, 0.2) is 29.2 Å². The summed E-state index contributed by atoms with van der Waals surface area (Å²) in [5.41, 5.74) is 0.363. The highest BCUT2D eigenvalue weighted by Crippen LogP contribution is 2.16. The summed E-state index contributed by atoms with van der Waals surface area (Å²) in [6.45, 7) is 5.86. The second-order valence-electron chi connectivity index (χ2n) is 6.85. The zero-order valence-electron chi connectivity index (χ0n) is 15.8. The molecule has 1 saturated heterocycles. The summed E-state index contributed by atoms with van der Waals surface area (Å²) < 4.78 is 51.9. The Morgan fingerprint density at radius 2 is 1.67 bits per heavy atom. The van der Waals surface area contributed by atoms with Crippen LogP contribution in [0.1, 0.15) is 44.0 Å². The third-order valence-electron chi connectivity index (χ3n) is 4.36. The molecule has 0 radical (unpaired) electrons. The Morgan fingerprint density at radius 3 is 2.15 bits per heavy atom. The summed E-state index contributed by atoms with van der Waals surface area (Å²) in [6, 6.07) is 5.42. The van der Waals surface area contributed by atoms with Crippen LogP contribution < -0.4 is 10.0 Å². The Bertz CT molecular complexity index is 856. The zero-order valence-corrected chi connectivity index (χ0v) is 17.4. The second-order valence-corrected chi connectivity index (χ2v) is 10.8. The molecule has 0 spiro atoms. The van der Waals surface area contributed by atoms with E-state index in [4.69, 9.17) is 0 Å². The van der Waals surface area contributed by atoms with Gasteiger partial charge in [0.15, 0.2) is 0 Å². The molecule has 1 aliphatic rings. The van der Waals surface area contributed by atoms with E-state index in [1.807, 2.05) is 0 Å². The summed E-state index contributed by atoms with van der Waals surface area (Å²) >= 11 is 0. The molecule has 1 amide bonds. The van der Waals surface area contributed by atoms with E-state index in [1.54, 1.807) is 20.8 Å². The summed E-state index contributed by atoms with van der Waals surface area (Å²) in [4.78, 5) is 12.5. The largest absolute Gasteiger partial charge is 0.349 e. The van der Waals surface area contributed by atoms with Crippen LogP contribution in [-0.2, 0) is 20.0 Å². The van der Waals surface area contributed by atoms with Crippen molar-refractivity contribution in [3.63, 3.8) is 0 Å². The molecule has 0 saturated carbocycles. The van der Waals surface area contributed by atoms with Gasteiger partial charge in [0.05, 0.1) is 10.6 Å². The summed E-state index contributed by atoms with van der Waals surface area (Å²) in [7, 11) is -6.79. The van der Waals surface area contributed by atoms with Gasteiger partial charge in [0.25, 0.3) is 5.91 Å². The van der Waals surface area contributed by atoms with Gasteiger partial charge in [0.2, 0.25) is 20.0 Å². The van der Waals surface area contributed by atoms with Gasteiger partial charge < -0.3 is 5.32 Å². The monoisotopic (exact) mass is 417 g/mol. The maximum absolute atomic E-state index is 12.4. The van der Waals surface area contributed by atoms with Gasteiger partial charge in [0.1, 0.15) is 0 Å². The van der Waals surface area contributed by atoms with Crippen molar-refractivity contribution in [2.75, 3.05) is 18.8 Å². The summed E-state index contributed by atoms with van der Waals surface area (Å²) in [5, 5.41) is 2.89. The van der Waals surface area contributed by atoms with Crippen LogP contribution in [-0.4, -0.2) is 58.0 Å². The van der Waals surface area contributed by atoms with E-state index >= 15 is 0 Å².